The molecule has 36 heavy (non-hydrogen) atoms. The summed E-state index contributed by atoms with van der Waals surface area (Å²) in [6, 6.07) is 5.74. The Hall–Kier alpha value is -4.38. The molecular formula is C25H25FN6O4. The molecule has 1 saturated heterocycles. The maximum Gasteiger partial charge on any atom is 0.349 e. The second-order valence-electron chi connectivity index (χ2n) is 8.71. The van der Waals surface area contributed by atoms with Gasteiger partial charge in [0, 0.05) is 48.4 Å². The molecule has 5 rings (SSSR count). The number of nitrogens with zero attached hydrogens (tertiary/aromatic N) is 4. The highest BCUT2D eigenvalue weighted by Crippen LogP contribution is 2.40. The van der Waals surface area contributed by atoms with Gasteiger partial charge in [-0.25, -0.2) is 15.0 Å². The van der Waals surface area contributed by atoms with Crippen molar-refractivity contribution in [3.05, 3.63) is 57.8 Å². The number of rotatable bonds is 5. The highest BCUT2D eigenvalue weighted by molar-refractivity contribution is 6.05. The number of phenolic OH excluding ortho intramolecular Hbond substituents is 1. The zero-order valence-corrected chi connectivity index (χ0v) is 20.0. The number of hydrogen-bond donors (Lipinski definition) is 3. The molecule has 10 nitrogen and oxygen atoms in total. The van der Waals surface area contributed by atoms with Crippen molar-refractivity contribution >= 4 is 33.2 Å². The van der Waals surface area contributed by atoms with Crippen LogP contribution >= 0.6 is 0 Å². The first-order valence-electron chi connectivity index (χ1n) is 11.2. The maximum absolute atomic E-state index is 15.2. The van der Waals surface area contributed by atoms with E-state index in [1.54, 1.807) is 14.0 Å². The number of aromatic nitrogens is 2. The molecule has 5 N–H and O–H groups in total. The molecule has 1 aliphatic rings. The molecular weight excluding hydrogens is 467 g/mol. The predicted octanol–water partition coefficient (Wildman–Crippen LogP) is 2.84. The van der Waals surface area contributed by atoms with Crippen LogP contribution in [0.5, 0.6) is 11.8 Å². The molecule has 1 fully saturated rings. The molecule has 2 aromatic carbocycles. The minimum atomic E-state index is -0.658. The van der Waals surface area contributed by atoms with Gasteiger partial charge in [0.1, 0.15) is 22.7 Å². The molecule has 0 saturated carbocycles. The minimum Gasteiger partial charge on any atom is -0.508 e. The Labute approximate surface area is 205 Å². The van der Waals surface area contributed by atoms with Crippen LogP contribution in [0, 0.1) is 12.7 Å². The van der Waals surface area contributed by atoms with Gasteiger partial charge in [-0.15, -0.1) is 0 Å². The van der Waals surface area contributed by atoms with Crippen molar-refractivity contribution in [3.63, 3.8) is 0 Å². The molecule has 11 heteroatoms. The van der Waals surface area contributed by atoms with Crippen LogP contribution in [0.4, 0.5) is 10.2 Å². The second-order valence-corrected chi connectivity index (χ2v) is 8.71. The van der Waals surface area contributed by atoms with Crippen LogP contribution in [0.1, 0.15) is 17.5 Å². The highest BCUT2D eigenvalue weighted by atomic mass is 19.1. The van der Waals surface area contributed by atoms with Gasteiger partial charge < -0.3 is 29.9 Å². The molecule has 0 amide bonds. The molecule has 4 aromatic rings. The number of aryl methyl sites for hydroxylation is 1. The number of benzene rings is 2. The summed E-state index contributed by atoms with van der Waals surface area (Å²) in [5, 5.41) is 12.8. The molecule has 0 bridgehead atoms. The molecule has 0 spiro atoms. The zero-order valence-electron chi connectivity index (χ0n) is 20.0. The molecule has 0 unspecified atom stereocenters. The summed E-state index contributed by atoms with van der Waals surface area (Å²) in [4.78, 5) is 24.1. The van der Waals surface area contributed by atoms with Crippen LogP contribution in [-0.4, -0.2) is 47.3 Å². The third kappa shape index (κ3) is 3.73. The Morgan fingerprint density at radius 1 is 1.28 bits per heavy atom. The summed E-state index contributed by atoms with van der Waals surface area (Å²) in [5.74, 6) is 5.57. The summed E-state index contributed by atoms with van der Waals surface area (Å²) in [6.45, 7) is 3.22. The smallest absolute Gasteiger partial charge is 0.349 e. The first-order chi connectivity index (χ1) is 17.2. The van der Waals surface area contributed by atoms with E-state index in [-0.39, 0.29) is 39.7 Å². The van der Waals surface area contributed by atoms with Gasteiger partial charge in [0.25, 0.3) is 0 Å². The average Bonchev–Trinajstić information content (AvgIpc) is 2.79. The molecule has 186 valence electrons. The van der Waals surface area contributed by atoms with Crippen molar-refractivity contribution in [1.82, 2.24) is 15.0 Å². The summed E-state index contributed by atoms with van der Waals surface area (Å²) >= 11 is 0. The van der Waals surface area contributed by atoms with E-state index in [0.29, 0.717) is 27.7 Å². The first kappa shape index (κ1) is 23.4. The van der Waals surface area contributed by atoms with Crippen LogP contribution in [0.2, 0.25) is 0 Å². The number of phenols is 1. The Kier molecular flexibility index (Phi) is 5.64. The van der Waals surface area contributed by atoms with Gasteiger partial charge in [0.15, 0.2) is 5.82 Å². The van der Waals surface area contributed by atoms with Crippen LogP contribution in [0.3, 0.4) is 0 Å². The Balaban J connectivity index is 1.89. The van der Waals surface area contributed by atoms with Crippen molar-refractivity contribution in [1.29, 1.82) is 0 Å². The van der Waals surface area contributed by atoms with E-state index < -0.39 is 11.4 Å². The number of methoxy groups -OCH3 is 1. The fraction of sp³-hybridized carbons (Fsp3) is 0.240. The number of fused-ring (bicyclic) bond motifs is 2. The zero-order chi connectivity index (χ0) is 25.7. The monoisotopic (exact) mass is 492 g/mol. The molecule has 2 aromatic heterocycles. The number of halogens is 1. The van der Waals surface area contributed by atoms with Crippen molar-refractivity contribution in [2.75, 3.05) is 32.1 Å². The van der Waals surface area contributed by atoms with Gasteiger partial charge in [-0.2, -0.15) is 9.97 Å². The number of hydrogen-bond acceptors (Lipinski definition) is 10. The van der Waals surface area contributed by atoms with E-state index in [0.717, 1.165) is 19.5 Å². The first-order valence-corrected chi connectivity index (χ1v) is 11.2. The van der Waals surface area contributed by atoms with Crippen molar-refractivity contribution in [2.24, 2.45) is 11.6 Å². The summed E-state index contributed by atoms with van der Waals surface area (Å²) in [7, 11) is 3.00. The lowest BCUT2D eigenvalue weighted by molar-refractivity contribution is 0.380. The highest BCUT2D eigenvalue weighted by Gasteiger charge is 2.27. The lowest BCUT2D eigenvalue weighted by atomic mass is 9.93. The maximum atomic E-state index is 15.2. The fourth-order valence-corrected chi connectivity index (χ4v) is 4.49. The SMILES string of the molecule is COc1nc(N2CCC2)c2c(=O)oc(-c3cc(O)cc4ccc(F)c(/C(N)=C/N(C)N)c34)c(C)c2n1. The third-order valence-electron chi connectivity index (χ3n) is 6.23. The normalized spacial score (nSPS) is 13.8. The topological polar surface area (TPSA) is 144 Å². The van der Waals surface area contributed by atoms with E-state index in [2.05, 4.69) is 9.97 Å². The number of hydrazine groups is 1. The molecule has 1 aliphatic heterocycles. The van der Waals surface area contributed by atoms with Gasteiger partial charge in [-0.1, -0.05) is 6.07 Å². The van der Waals surface area contributed by atoms with Crippen LogP contribution in [0.15, 0.2) is 39.7 Å². The van der Waals surface area contributed by atoms with Crippen molar-refractivity contribution in [3.8, 4) is 23.1 Å². The van der Waals surface area contributed by atoms with Gasteiger partial charge >= 0.3 is 11.6 Å². The van der Waals surface area contributed by atoms with Crippen LogP contribution in [0.25, 0.3) is 38.7 Å². The Morgan fingerprint density at radius 2 is 2.03 bits per heavy atom. The van der Waals surface area contributed by atoms with Crippen LogP contribution < -0.4 is 26.8 Å². The standard InChI is InChI=1S/C25H25FN6O4/c1-12-21-20(23(32-7-4-8-32)30-25(29-21)35-3)24(34)36-22(12)15-10-14(33)9-13-5-6-16(26)19(18(13)15)17(27)11-31(2)28/h5-6,9-11,33H,4,7-8,27-28H2,1-3H3/b17-11-. The Bertz CT molecular complexity index is 1610. The van der Waals surface area contributed by atoms with E-state index in [1.807, 2.05) is 4.90 Å². The molecule has 0 aliphatic carbocycles. The van der Waals surface area contributed by atoms with E-state index in [4.69, 9.17) is 20.7 Å². The van der Waals surface area contributed by atoms with Crippen molar-refractivity contribution in [2.45, 2.75) is 13.3 Å². The summed E-state index contributed by atoms with van der Waals surface area (Å²) < 4.78 is 26.3. The summed E-state index contributed by atoms with van der Waals surface area (Å²) in [6.07, 6.45) is 2.35. The number of nitrogens with two attached hydrogens (primary N) is 2. The van der Waals surface area contributed by atoms with Gasteiger partial charge in [-0.05, 0) is 36.9 Å². The number of anilines is 1. The van der Waals surface area contributed by atoms with Gasteiger partial charge in [0.05, 0.1) is 18.3 Å². The van der Waals surface area contributed by atoms with E-state index in [9.17, 15) is 9.90 Å². The van der Waals surface area contributed by atoms with Crippen molar-refractivity contribution < 1.29 is 18.7 Å². The lowest BCUT2D eigenvalue weighted by Crippen LogP contribution is -2.38. The fourth-order valence-electron chi connectivity index (χ4n) is 4.49. The number of aromatic hydroxyl groups is 1. The second kappa shape index (κ2) is 8.68. The molecule has 0 atom stereocenters. The molecule has 0 radical (unpaired) electrons. The van der Waals surface area contributed by atoms with E-state index >= 15 is 4.39 Å². The lowest BCUT2D eigenvalue weighted by Gasteiger charge is -2.32. The van der Waals surface area contributed by atoms with Gasteiger partial charge in [-0.3, -0.25) is 0 Å². The quantitative estimate of drug-likeness (QED) is 0.281. The predicted molar refractivity (Wildman–Crippen MR) is 135 cm³/mol. The summed E-state index contributed by atoms with van der Waals surface area (Å²) in [5.41, 5.74) is 6.79. The molecule has 3 heterocycles. The average molecular weight is 493 g/mol. The minimum absolute atomic E-state index is 0.0555. The Morgan fingerprint density at radius 3 is 2.67 bits per heavy atom. The van der Waals surface area contributed by atoms with Gasteiger partial charge in [0.2, 0.25) is 0 Å². The number of ether oxygens (including phenoxy) is 1. The largest absolute Gasteiger partial charge is 0.508 e. The third-order valence-corrected chi connectivity index (χ3v) is 6.23. The van der Waals surface area contributed by atoms with Crippen LogP contribution in [-0.2, 0) is 0 Å². The van der Waals surface area contributed by atoms with E-state index in [1.165, 1.54) is 42.6 Å².